The third-order valence-corrected chi connectivity index (χ3v) is 5.67. The van der Waals surface area contributed by atoms with E-state index in [2.05, 4.69) is 46.3 Å². The molecule has 2 fully saturated rings. The van der Waals surface area contributed by atoms with E-state index in [9.17, 15) is 4.79 Å². The first kappa shape index (κ1) is 19.7. The van der Waals surface area contributed by atoms with Gasteiger partial charge in [-0.2, -0.15) is 0 Å². The zero-order valence-corrected chi connectivity index (χ0v) is 16.6. The van der Waals surface area contributed by atoms with Crippen molar-refractivity contribution in [2.45, 2.75) is 19.3 Å². The van der Waals surface area contributed by atoms with E-state index in [-0.39, 0.29) is 24.2 Å². The number of rotatable bonds is 5. The molecule has 2 atom stereocenters. The average Bonchev–Trinajstić information content (AvgIpc) is 3.50. The van der Waals surface area contributed by atoms with Gasteiger partial charge in [-0.15, -0.1) is 12.4 Å². The molecule has 0 bridgehead atoms. The van der Waals surface area contributed by atoms with Gasteiger partial charge in [0.25, 0.3) is 0 Å². The molecule has 1 saturated carbocycles. The van der Waals surface area contributed by atoms with Gasteiger partial charge in [0, 0.05) is 43.5 Å². The Hall–Kier alpha value is -2.04. The van der Waals surface area contributed by atoms with E-state index in [0.717, 1.165) is 44.8 Å². The predicted octanol–water partition coefficient (Wildman–Crippen LogP) is 3.99. The minimum Gasteiger partial charge on any atom is -0.369 e. The Kier molecular flexibility index (Phi) is 6.40. The normalized spacial score (nSPS) is 22.0. The number of carbonyl (C=O) groups is 1. The van der Waals surface area contributed by atoms with Crippen LogP contribution in [-0.4, -0.2) is 43.5 Å². The fourth-order valence-electron chi connectivity index (χ4n) is 3.87. The lowest BCUT2D eigenvalue weighted by Gasteiger charge is -2.35. The van der Waals surface area contributed by atoms with Gasteiger partial charge in [-0.25, -0.2) is 0 Å². The summed E-state index contributed by atoms with van der Waals surface area (Å²) in [5.41, 5.74) is 3.41. The van der Waals surface area contributed by atoms with Gasteiger partial charge in [-0.1, -0.05) is 37.3 Å². The minimum absolute atomic E-state index is 0. The minimum atomic E-state index is 0. The summed E-state index contributed by atoms with van der Waals surface area (Å²) in [6.07, 6.45) is 0.954. The number of carbonyl (C=O) groups excluding carboxylic acids is 1. The monoisotopic (exact) mass is 385 g/mol. The first-order valence-electron chi connectivity index (χ1n) is 9.68. The molecule has 1 N–H and O–H groups in total. The van der Waals surface area contributed by atoms with Crippen LogP contribution < -0.4 is 10.2 Å². The first-order valence-corrected chi connectivity index (χ1v) is 9.68. The molecule has 2 aromatic rings. The molecule has 1 aliphatic carbocycles. The van der Waals surface area contributed by atoms with Crippen molar-refractivity contribution in [1.29, 1.82) is 0 Å². The highest BCUT2D eigenvalue weighted by Gasteiger charge is 2.43. The number of amides is 1. The highest BCUT2D eigenvalue weighted by molar-refractivity contribution is 5.95. The van der Waals surface area contributed by atoms with Crippen molar-refractivity contribution in [3.05, 3.63) is 60.2 Å². The van der Waals surface area contributed by atoms with Gasteiger partial charge < -0.3 is 15.1 Å². The number of hydrogen-bond acceptors (Lipinski definition) is 3. The van der Waals surface area contributed by atoms with Crippen LogP contribution in [0.15, 0.2) is 54.6 Å². The molecule has 1 amide bonds. The topological polar surface area (TPSA) is 35.6 Å². The molecule has 1 aliphatic heterocycles. The standard InChI is InChI=1S/C22H27N3O.ClH/c1-2-24-12-14-25(15-13-24)19-10-8-18(9-11-19)23-22(26)21-16-20(21)17-6-4-3-5-7-17;/h3-11,20-21H,2,12-16H2,1H3,(H,23,26);1H. The maximum atomic E-state index is 12.5. The van der Waals surface area contributed by atoms with Crippen molar-refractivity contribution in [1.82, 2.24) is 4.90 Å². The van der Waals surface area contributed by atoms with Crippen molar-refractivity contribution in [2.75, 3.05) is 42.9 Å². The molecule has 4 nitrogen and oxygen atoms in total. The maximum Gasteiger partial charge on any atom is 0.228 e. The second kappa shape index (κ2) is 8.77. The van der Waals surface area contributed by atoms with E-state index in [1.54, 1.807) is 0 Å². The van der Waals surface area contributed by atoms with Crippen molar-refractivity contribution >= 4 is 29.7 Å². The number of nitrogens with one attached hydrogen (secondary N) is 1. The van der Waals surface area contributed by atoms with Crippen molar-refractivity contribution in [3.8, 4) is 0 Å². The smallest absolute Gasteiger partial charge is 0.228 e. The Balaban J connectivity index is 0.00000210. The van der Waals surface area contributed by atoms with Crippen molar-refractivity contribution in [3.63, 3.8) is 0 Å². The Bertz CT molecular complexity index is 742. The summed E-state index contributed by atoms with van der Waals surface area (Å²) < 4.78 is 0. The van der Waals surface area contributed by atoms with Crippen LogP contribution in [0, 0.1) is 5.92 Å². The second-order valence-electron chi connectivity index (χ2n) is 7.32. The zero-order valence-electron chi connectivity index (χ0n) is 15.8. The van der Waals surface area contributed by atoms with Crippen LogP contribution in [0.1, 0.15) is 24.8 Å². The summed E-state index contributed by atoms with van der Waals surface area (Å²) in [5.74, 6) is 0.632. The molecule has 27 heavy (non-hydrogen) atoms. The van der Waals surface area contributed by atoms with Crippen LogP contribution in [0.25, 0.3) is 0 Å². The molecule has 1 heterocycles. The molecule has 5 heteroatoms. The van der Waals surface area contributed by atoms with E-state index < -0.39 is 0 Å². The molecule has 2 unspecified atom stereocenters. The summed E-state index contributed by atoms with van der Waals surface area (Å²) in [7, 11) is 0. The Labute approximate surface area is 168 Å². The van der Waals surface area contributed by atoms with E-state index in [0.29, 0.717) is 5.92 Å². The quantitative estimate of drug-likeness (QED) is 0.845. The molecular weight excluding hydrogens is 358 g/mol. The highest BCUT2D eigenvalue weighted by atomic mass is 35.5. The SMILES string of the molecule is CCN1CCN(c2ccc(NC(=O)C3CC3c3ccccc3)cc2)CC1.Cl. The van der Waals surface area contributed by atoms with E-state index in [4.69, 9.17) is 0 Å². The summed E-state index contributed by atoms with van der Waals surface area (Å²) in [5, 5.41) is 3.08. The molecule has 2 aromatic carbocycles. The lowest BCUT2D eigenvalue weighted by atomic mass is 10.1. The second-order valence-corrected chi connectivity index (χ2v) is 7.32. The maximum absolute atomic E-state index is 12.5. The average molecular weight is 386 g/mol. The van der Waals surface area contributed by atoms with Crippen LogP contribution in [0.3, 0.4) is 0 Å². The highest BCUT2D eigenvalue weighted by Crippen LogP contribution is 2.47. The van der Waals surface area contributed by atoms with E-state index in [1.165, 1.54) is 11.3 Å². The predicted molar refractivity (Wildman–Crippen MR) is 114 cm³/mol. The van der Waals surface area contributed by atoms with Crippen LogP contribution in [0.2, 0.25) is 0 Å². The van der Waals surface area contributed by atoms with Crippen LogP contribution >= 0.6 is 12.4 Å². The third kappa shape index (κ3) is 4.63. The van der Waals surface area contributed by atoms with Gasteiger partial charge >= 0.3 is 0 Å². The van der Waals surface area contributed by atoms with Gasteiger partial charge in [0.2, 0.25) is 5.91 Å². The molecule has 2 aliphatic rings. The largest absolute Gasteiger partial charge is 0.369 e. The van der Waals surface area contributed by atoms with Gasteiger partial charge in [0.15, 0.2) is 0 Å². The Morgan fingerprint density at radius 2 is 1.67 bits per heavy atom. The van der Waals surface area contributed by atoms with Crippen molar-refractivity contribution < 1.29 is 4.79 Å². The summed E-state index contributed by atoms with van der Waals surface area (Å²) in [6, 6.07) is 18.6. The van der Waals surface area contributed by atoms with Gasteiger partial charge in [-0.3, -0.25) is 4.79 Å². The molecular formula is C22H28ClN3O. The fraction of sp³-hybridized carbons (Fsp3) is 0.409. The fourth-order valence-corrected chi connectivity index (χ4v) is 3.87. The van der Waals surface area contributed by atoms with Crippen LogP contribution in [-0.2, 0) is 4.79 Å². The molecule has 0 aromatic heterocycles. The van der Waals surface area contributed by atoms with E-state index in [1.807, 2.05) is 30.3 Å². The number of piperazine rings is 1. The summed E-state index contributed by atoms with van der Waals surface area (Å²) in [6.45, 7) is 7.73. The Morgan fingerprint density at radius 1 is 1.00 bits per heavy atom. The van der Waals surface area contributed by atoms with Crippen LogP contribution in [0.4, 0.5) is 11.4 Å². The van der Waals surface area contributed by atoms with Gasteiger partial charge in [0.1, 0.15) is 0 Å². The van der Waals surface area contributed by atoms with Gasteiger partial charge in [-0.05, 0) is 48.7 Å². The number of benzene rings is 2. The lowest BCUT2D eigenvalue weighted by Crippen LogP contribution is -2.46. The van der Waals surface area contributed by atoms with Gasteiger partial charge in [0.05, 0.1) is 0 Å². The number of anilines is 2. The van der Waals surface area contributed by atoms with E-state index >= 15 is 0 Å². The molecule has 0 spiro atoms. The lowest BCUT2D eigenvalue weighted by molar-refractivity contribution is -0.117. The molecule has 4 rings (SSSR count). The first-order chi connectivity index (χ1) is 12.7. The molecule has 0 radical (unpaired) electrons. The number of likely N-dealkylation sites (N-methyl/N-ethyl adjacent to an activating group) is 1. The number of nitrogens with zero attached hydrogens (tertiary/aromatic N) is 2. The zero-order chi connectivity index (χ0) is 17.9. The third-order valence-electron chi connectivity index (χ3n) is 5.67. The van der Waals surface area contributed by atoms with Crippen LogP contribution in [0.5, 0.6) is 0 Å². The summed E-state index contributed by atoms with van der Waals surface area (Å²) >= 11 is 0. The molecule has 1 saturated heterocycles. The number of hydrogen-bond donors (Lipinski definition) is 1. The molecule has 144 valence electrons. The number of halogens is 1. The Morgan fingerprint density at radius 3 is 2.30 bits per heavy atom. The summed E-state index contributed by atoms with van der Waals surface area (Å²) in [4.78, 5) is 17.4. The van der Waals surface area contributed by atoms with Crippen molar-refractivity contribution in [2.24, 2.45) is 5.92 Å².